The molecule has 116 valence electrons. The summed E-state index contributed by atoms with van der Waals surface area (Å²) in [5, 5.41) is 3.85. The van der Waals surface area contributed by atoms with Gasteiger partial charge in [-0.3, -0.25) is 9.78 Å². The number of benzene rings is 2. The first-order valence-electron chi connectivity index (χ1n) is 7.66. The van der Waals surface area contributed by atoms with E-state index in [-0.39, 0.29) is 5.91 Å². The van der Waals surface area contributed by atoms with E-state index >= 15 is 0 Å². The van der Waals surface area contributed by atoms with E-state index in [1.165, 1.54) is 0 Å². The monoisotopic (exact) mass is 306 g/mol. The molecule has 1 amide bonds. The van der Waals surface area contributed by atoms with Crippen molar-refractivity contribution in [2.75, 3.05) is 11.9 Å². The van der Waals surface area contributed by atoms with E-state index in [0.29, 0.717) is 17.7 Å². The quantitative estimate of drug-likeness (QED) is 0.765. The molecule has 1 aromatic heterocycles. The van der Waals surface area contributed by atoms with Crippen LogP contribution in [-0.2, 0) is 0 Å². The van der Waals surface area contributed by atoms with Crippen LogP contribution in [0.3, 0.4) is 0 Å². The molecule has 0 aliphatic rings. The zero-order valence-electron chi connectivity index (χ0n) is 13.0. The zero-order valence-corrected chi connectivity index (χ0v) is 13.0. The van der Waals surface area contributed by atoms with Crippen LogP contribution in [0.5, 0.6) is 5.75 Å². The average molecular weight is 306 g/mol. The highest BCUT2D eigenvalue weighted by Gasteiger charge is 2.11. The number of pyridine rings is 1. The Morgan fingerprint density at radius 1 is 1.09 bits per heavy atom. The molecule has 0 aliphatic heterocycles. The van der Waals surface area contributed by atoms with Crippen molar-refractivity contribution < 1.29 is 9.53 Å². The molecule has 0 bridgehead atoms. The van der Waals surface area contributed by atoms with Crippen LogP contribution in [-0.4, -0.2) is 17.5 Å². The minimum Gasteiger partial charge on any atom is -0.494 e. The van der Waals surface area contributed by atoms with E-state index in [2.05, 4.69) is 17.2 Å². The van der Waals surface area contributed by atoms with Crippen LogP contribution in [0.15, 0.2) is 60.8 Å². The highest BCUT2D eigenvalue weighted by atomic mass is 16.5. The van der Waals surface area contributed by atoms with Crippen LogP contribution in [0, 0.1) is 0 Å². The Morgan fingerprint density at radius 3 is 2.65 bits per heavy atom. The molecule has 1 heterocycles. The Hall–Kier alpha value is -2.88. The summed E-state index contributed by atoms with van der Waals surface area (Å²) in [6, 6.07) is 16.8. The highest BCUT2D eigenvalue weighted by molar-refractivity contribution is 6.11. The van der Waals surface area contributed by atoms with Crippen LogP contribution >= 0.6 is 0 Å². The van der Waals surface area contributed by atoms with Crippen LogP contribution in [0.2, 0.25) is 0 Å². The van der Waals surface area contributed by atoms with Gasteiger partial charge in [0.2, 0.25) is 0 Å². The summed E-state index contributed by atoms with van der Waals surface area (Å²) in [4.78, 5) is 16.8. The van der Waals surface area contributed by atoms with Crippen LogP contribution < -0.4 is 10.1 Å². The summed E-state index contributed by atoms with van der Waals surface area (Å²) in [5.74, 6) is 0.633. The number of carbonyl (C=O) groups excluding carboxylic acids is 1. The number of fused-ring (bicyclic) bond motifs is 1. The maximum atomic E-state index is 12.5. The molecule has 4 nitrogen and oxygen atoms in total. The molecular formula is C19H18N2O2. The Bertz CT molecular complexity index is 808. The SMILES string of the molecule is CCCOc1ccc(NC(=O)c2cccc3cccnc23)cc1. The molecule has 3 aromatic rings. The number of para-hydroxylation sites is 1. The van der Waals surface area contributed by atoms with Crippen molar-refractivity contribution in [2.45, 2.75) is 13.3 Å². The first-order valence-corrected chi connectivity index (χ1v) is 7.66. The Balaban J connectivity index is 1.78. The Labute approximate surface area is 135 Å². The third-order valence-electron chi connectivity index (χ3n) is 3.46. The number of anilines is 1. The number of aromatic nitrogens is 1. The molecule has 23 heavy (non-hydrogen) atoms. The minimum atomic E-state index is -0.170. The smallest absolute Gasteiger partial charge is 0.257 e. The van der Waals surface area contributed by atoms with Gasteiger partial charge in [0.15, 0.2) is 0 Å². The van der Waals surface area contributed by atoms with E-state index in [0.717, 1.165) is 23.2 Å². The van der Waals surface area contributed by atoms with Gasteiger partial charge in [-0.1, -0.05) is 25.1 Å². The highest BCUT2D eigenvalue weighted by Crippen LogP contribution is 2.19. The lowest BCUT2D eigenvalue weighted by molar-refractivity contribution is 0.102. The van der Waals surface area contributed by atoms with Gasteiger partial charge in [0.25, 0.3) is 5.91 Å². The van der Waals surface area contributed by atoms with Crippen molar-refractivity contribution >= 4 is 22.5 Å². The second-order valence-electron chi connectivity index (χ2n) is 5.21. The molecule has 0 unspecified atom stereocenters. The van der Waals surface area contributed by atoms with Gasteiger partial charge in [0.1, 0.15) is 5.75 Å². The summed E-state index contributed by atoms with van der Waals surface area (Å²) in [7, 11) is 0. The molecular weight excluding hydrogens is 288 g/mol. The van der Waals surface area contributed by atoms with Gasteiger partial charge < -0.3 is 10.1 Å². The van der Waals surface area contributed by atoms with Gasteiger partial charge in [0, 0.05) is 17.3 Å². The van der Waals surface area contributed by atoms with Crippen molar-refractivity contribution in [3.05, 3.63) is 66.4 Å². The first-order chi connectivity index (χ1) is 11.3. The number of nitrogens with zero attached hydrogens (tertiary/aromatic N) is 1. The first kappa shape index (κ1) is 15.0. The van der Waals surface area contributed by atoms with Gasteiger partial charge in [0.05, 0.1) is 17.7 Å². The summed E-state index contributed by atoms with van der Waals surface area (Å²) < 4.78 is 5.53. The third kappa shape index (κ3) is 3.48. The van der Waals surface area contributed by atoms with Gasteiger partial charge in [-0.2, -0.15) is 0 Å². The molecule has 1 N–H and O–H groups in total. The number of rotatable bonds is 5. The minimum absolute atomic E-state index is 0.170. The lowest BCUT2D eigenvalue weighted by Crippen LogP contribution is -2.12. The van der Waals surface area contributed by atoms with Crippen molar-refractivity contribution in [2.24, 2.45) is 0 Å². The maximum absolute atomic E-state index is 12.5. The number of nitrogens with one attached hydrogen (secondary N) is 1. The van der Waals surface area contributed by atoms with Crippen LogP contribution in [0.1, 0.15) is 23.7 Å². The lowest BCUT2D eigenvalue weighted by Gasteiger charge is -2.09. The fraction of sp³-hybridized carbons (Fsp3) is 0.158. The largest absolute Gasteiger partial charge is 0.494 e. The Morgan fingerprint density at radius 2 is 1.87 bits per heavy atom. The van der Waals surface area contributed by atoms with Crippen LogP contribution in [0.25, 0.3) is 10.9 Å². The number of carbonyl (C=O) groups is 1. The van der Waals surface area contributed by atoms with Gasteiger partial charge >= 0.3 is 0 Å². The van der Waals surface area contributed by atoms with E-state index in [1.54, 1.807) is 12.3 Å². The molecule has 4 heteroatoms. The van der Waals surface area contributed by atoms with Crippen LogP contribution in [0.4, 0.5) is 5.69 Å². The molecule has 0 saturated carbocycles. The molecule has 0 atom stereocenters. The molecule has 2 aromatic carbocycles. The van der Waals surface area contributed by atoms with Crippen molar-refractivity contribution in [1.29, 1.82) is 0 Å². The summed E-state index contributed by atoms with van der Waals surface area (Å²) in [6.07, 6.45) is 2.66. The van der Waals surface area contributed by atoms with Crippen molar-refractivity contribution in [3.63, 3.8) is 0 Å². The van der Waals surface area contributed by atoms with E-state index < -0.39 is 0 Å². The summed E-state index contributed by atoms with van der Waals surface area (Å²) >= 11 is 0. The number of amides is 1. The molecule has 0 saturated heterocycles. The molecule has 0 radical (unpaired) electrons. The molecule has 3 rings (SSSR count). The van der Waals surface area contributed by atoms with Crippen molar-refractivity contribution in [1.82, 2.24) is 4.98 Å². The van der Waals surface area contributed by atoms with E-state index in [1.807, 2.05) is 48.5 Å². The third-order valence-corrected chi connectivity index (χ3v) is 3.46. The second-order valence-corrected chi connectivity index (χ2v) is 5.21. The standard InChI is InChI=1S/C19H18N2O2/c1-2-13-23-16-10-8-15(9-11-16)21-19(22)17-7-3-5-14-6-4-12-20-18(14)17/h3-12H,2,13H2,1H3,(H,21,22). The predicted molar refractivity (Wildman–Crippen MR) is 91.9 cm³/mol. The van der Waals surface area contributed by atoms with Gasteiger partial charge in [-0.05, 0) is 42.8 Å². The summed E-state index contributed by atoms with van der Waals surface area (Å²) in [6.45, 7) is 2.75. The fourth-order valence-electron chi connectivity index (χ4n) is 2.34. The molecule has 0 fully saturated rings. The number of ether oxygens (including phenoxy) is 1. The number of hydrogen-bond donors (Lipinski definition) is 1. The normalized spacial score (nSPS) is 10.5. The maximum Gasteiger partial charge on any atom is 0.257 e. The molecule has 0 spiro atoms. The fourth-order valence-corrected chi connectivity index (χ4v) is 2.34. The summed E-state index contributed by atoms with van der Waals surface area (Å²) in [5.41, 5.74) is 2.00. The van der Waals surface area contributed by atoms with Gasteiger partial charge in [-0.15, -0.1) is 0 Å². The predicted octanol–water partition coefficient (Wildman–Crippen LogP) is 4.28. The zero-order chi connectivity index (χ0) is 16.1. The lowest BCUT2D eigenvalue weighted by atomic mass is 10.1. The average Bonchev–Trinajstić information content (AvgIpc) is 2.60. The van der Waals surface area contributed by atoms with E-state index in [4.69, 9.17) is 4.74 Å². The topological polar surface area (TPSA) is 51.2 Å². The van der Waals surface area contributed by atoms with E-state index in [9.17, 15) is 4.79 Å². The molecule has 0 aliphatic carbocycles. The van der Waals surface area contributed by atoms with Crippen molar-refractivity contribution in [3.8, 4) is 5.75 Å². The second kappa shape index (κ2) is 6.92. The number of hydrogen-bond acceptors (Lipinski definition) is 3. The van der Waals surface area contributed by atoms with Gasteiger partial charge in [-0.25, -0.2) is 0 Å². The Kier molecular flexibility index (Phi) is 4.52.